The van der Waals surface area contributed by atoms with E-state index >= 15 is 0 Å². The Morgan fingerprint density at radius 3 is 2.47 bits per heavy atom. The smallest absolute Gasteiger partial charge is 0.254 e. The maximum absolute atomic E-state index is 14.1. The molecule has 4 rings (SSSR count). The number of nitrogens with zero attached hydrogens (tertiary/aromatic N) is 2. The molecule has 30 heavy (non-hydrogen) atoms. The molecule has 1 saturated heterocycles. The molecular formula is C23H25FN2O4. The highest BCUT2D eigenvalue weighted by molar-refractivity contribution is 5.96. The Hall–Kier alpha value is -3.09. The standard InChI is InChI=1S/C23H25FN2O4/c1-15-14-30-20-7-5-16(22(27)25-9-3-4-10-25)11-18(20)13-26(15)23(28)17-6-8-21(29-2)19(24)12-17/h5-8,11-12,15H,3-4,9-10,13-14H2,1-2H3/t15-/m0/s1. The van der Waals surface area contributed by atoms with Gasteiger partial charge in [0.05, 0.1) is 19.7 Å². The zero-order valence-electron chi connectivity index (χ0n) is 17.2. The van der Waals surface area contributed by atoms with Gasteiger partial charge in [0.15, 0.2) is 11.6 Å². The lowest BCUT2D eigenvalue weighted by Gasteiger charge is -2.26. The van der Waals surface area contributed by atoms with Gasteiger partial charge in [-0.05, 0) is 56.2 Å². The van der Waals surface area contributed by atoms with Gasteiger partial charge in [0.1, 0.15) is 12.4 Å². The number of methoxy groups -OCH3 is 1. The van der Waals surface area contributed by atoms with Gasteiger partial charge < -0.3 is 19.3 Å². The monoisotopic (exact) mass is 412 g/mol. The fourth-order valence-corrected chi connectivity index (χ4v) is 3.96. The van der Waals surface area contributed by atoms with E-state index in [1.807, 2.05) is 17.9 Å². The van der Waals surface area contributed by atoms with Crippen molar-refractivity contribution in [3.63, 3.8) is 0 Å². The number of hydrogen-bond donors (Lipinski definition) is 0. The minimum absolute atomic E-state index is 0.00250. The first-order valence-corrected chi connectivity index (χ1v) is 10.2. The number of carbonyl (C=O) groups excluding carboxylic acids is 2. The van der Waals surface area contributed by atoms with Crippen LogP contribution < -0.4 is 9.47 Å². The molecule has 2 aromatic rings. The number of fused-ring (bicyclic) bond motifs is 1. The molecule has 0 N–H and O–H groups in total. The highest BCUT2D eigenvalue weighted by atomic mass is 19.1. The maximum atomic E-state index is 14.1. The number of amides is 2. The van der Waals surface area contributed by atoms with Crippen LogP contribution in [0.5, 0.6) is 11.5 Å². The first kappa shape index (κ1) is 20.2. The molecule has 1 fully saturated rings. The minimum atomic E-state index is -0.582. The first-order chi connectivity index (χ1) is 14.5. The van der Waals surface area contributed by atoms with Crippen LogP contribution in [-0.4, -0.2) is 54.5 Å². The molecule has 2 aliphatic heterocycles. The number of ether oxygens (including phenoxy) is 2. The molecule has 0 aromatic heterocycles. The molecule has 0 radical (unpaired) electrons. The normalized spacial score (nSPS) is 18.4. The van der Waals surface area contributed by atoms with Crippen molar-refractivity contribution in [2.45, 2.75) is 32.4 Å². The Morgan fingerprint density at radius 1 is 1.07 bits per heavy atom. The van der Waals surface area contributed by atoms with Gasteiger partial charge in [0.2, 0.25) is 0 Å². The van der Waals surface area contributed by atoms with Crippen LogP contribution in [0.25, 0.3) is 0 Å². The van der Waals surface area contributed by atoms with E-state index in [1.54, 1.807) is 23.1 Å². The summed E-state index contributed by atoms with van der Waals surface area (Å²) in [6.07, 6.45) is 2.05. The lowest BCUT2D eigenvalue weighted by atomic mass is 10.1. The van der Waals surface area contributed by atoms with Gasteiger partial charge in [-0.1, -0.05) is 0 Å². The highest BCUT2D eigenvalue weighted by Crippen LogP contribution is 2.29. The first-order valence-electron chi connectivity index (χ1n) is 10.2. The highest BCUT2D eigenvalue weighted by Gasteiger charge is 2.28. The van der Waals surface area contributed by atoms with E-state index in [0.717, 1.165) is 31.5 Å². The third-order valence-electron chi connectivity index (χ3n) is 5.71. The fraction of sp³-hybridized carbons (Fsp3) is 0.391. The lowest BCUT2D eigenvalue weighted by Crippen LogP contribution is -2.39. The number of rotatable bonds is 3. The predicted octanol–water partition coefficient (Wildman–Crippen LogP) is 3.49. The number of halogens is 1. The van der Waals surface area contributed by atoms with Gasteiger partial charge in [0.25, 0.3) is 11.8 Å². The molecule has 0 spiro atoms. The Bertz CT molecular complexity index is 972. The zero-order chi connectivity index (χ0) is 21.3. The zero-order valence-corrected chi connectivity index (χ0v) is 17.2. The number of hydrogen-bond acceptors (Lipinski definition) is 4. The van der Waals surface area contributed by atoms with Crippen LogP contribution in [0.1, 0.15) is 46.0 Å². The average Bonchev–Trinajstić information content (AvgIpc) is 3.24. The molecule has 1 atom stereocenters. The van der Waals surface area contributed by atoms with Crippen LogP contribution in [0, 0.1) is 5.82 Å². The summed E-state index contributed by atoms with van der Waals surface area (Å²) in [4.78, 5) is 29.4. The predicted molar refractivity (Wildman–Crippen MR) is 109 cm³/mol. The molecule has 0 aliphatic carbocycles. The lowest BCUT2D eigenvalue weighted by molar-refractivity contribution is 0.0645. The van der Waals surface area contributed by atoms with Crippen LogP contribution in [0.2, 0.25) is 0 Å². The second-order valence-electron chi connectivity index (χ2n) is 7.76. The van der Waals surface area contributed by atoms with Crippen molar-refractivity contribution in [1.29, 1.82) is 0 Å². The Kier molecular flexibility index (Phi) is 5.61. The average molecular weight is 412 g/mol. The summed E-state index contributed by atoms with van der Waals surface area (Å²) in [7, 11) is 1.38. The van der Waals surface area contributed by atoms with Crippen LogP contribution in [0.4, 0.5) is 4.39 Å². The van der Waals surface area contributed by atoms with Crippen LogP contribution in [-0.2, 0) is 6.54 Å². The largest absolute Gasteiger partial charge is 0.494 e. The molecular weight excluding hydrogens is 387 g/mol. The molecule has 0 unspecified atom stereocenters. The number of benzene rings is 2. The van der Waals surface area contributed by atoms with E-state index in [1.165, 1.54) is 19.2 Å². The van der Waals surface area contributed by atoms with E-state index in [-0.39, 0.29) is 35.7 Å². The summed E-state index contributed by atoms with van der Waals surface area (Å²) in [5.74, 6) is -0.120. The summed E-state index contributed by atoms with van der Waals surface area (Å²) < 4.78 is 24.9. The fourth-order valence-electron chi connectivity index (χ4n) is 3.96. The topological polar surface area (TPSA) is 59.1 Å². The van der Waals surface area contributed by atoms with Crippen molar-refractivity contribution in [3.05, 3.63) is 58.9 Å². The van der Waals surface area contributed by atoms with E-state index in [0.29, 0.717) is 17.9 Å². The Balaban J connectivity index is 1.60. The SMILES string of the molecule is COc1ccc(C(=O)N2Cc3cc(C(=O)N4CCCC4)ccc3OC[C@@H]2C)cc1F. The third-order valence-corrected chi connectivity index (χ3v) is 5.71. The minimum Gasteiger partial charge on any atom is -0.494 e. The van der Waals surface area contributed by atoms with E-state index in [2.05, 4.69) is 0 Å². The summed E-state index contributed by atoms with van der Waals surface area (Å²) >= 11 is 0. The van der Waals surface area contributed by atoms with Crippen LogP contribution in [0.3, 0.4) is 0 Å². The quantitative estimate of drug-likeness (QED) is 0.774. The van der Waals surface area contributed by atoms with Crippen molar-refractivity contribution >= 4 is 11.8 Å². The van der Waals surface area contributed by atoms with Gasteiger partial charge in [-0.2, -0.15) is 0 Å². The molecule has 7 heteroatoms. The van der Waals surface area contributed by atoms with Gasteiger partial charge in [-0.25, -0.2) is 4.39 Å². The Labute approximate surface area is 175 Å². The molecule has 6 nitrogen and oxygen atoms in total. The summed E-state index contributed by atoms with van der Waals surface area (Å²) in [5.41, 5.74) is 1.61. The second kappa shape index (κ2) is 8.34. The van der Waals surface area contributed by atoms with Crippen LogP contribution in [0.15, 0.2) is 36.4 Å². The van der Waals surface area contributed by atoms with Gasteiger partial charge in [-0.15, -0.1) is 0 Å². The molecule has 2 heterocycles. The van der Waals surface area contributed by atoms with Crippen molar-refractivity contribution in [2.24, 2.45) is 0 Å². The van der Waals surface area contributed by atoms with Crippen molar-refractivity contribution < 1.29 is 23.5 Å². The van der Waals surface area contributed by atoms with Gasteiger partial charge >= 0.3 is 0 Å². The van der Waals surface area contributed by atoms with Crippen LogP contribution >= 0.6 is 0 Å². The van der Waals surface area contributed by atoms with E-state index in [4.69, 9.17) is 9.47 Å². The third kappa shape index (κ3) is 3.84. The molecule has 2 amide bonds. The molecule has 158 valence electrons. The van der Waals surface area contributed by atoms with Crippen molar-refractivity contribution in [3.8, 4) is 11.5 Å². The summed E-state index contributed by atoms with van der Waals surface area (Å²) in [6, 6.07) is 9.36. The molecule has 0 bridgehead atoms. The number of carbonyl (C=O) groups is 2. The van der Waals surface area contributed by atoms with E-state index in [9.17, 15) is 14.0 Å². The molecule has 2 aromatic carbocycles. The van der Waals surface area contributed by atoms with Crippen molar-refractivity contribution in [2.75, 3.05) is 26.8 Å². The molecule has 0 saturated carbocycles. The van der Waals surface area contributed by atoms with Crippen molar-refractivity contribution in [1.82, 2.24) is 9.80 Å². The summed E-state index contributed by atoms with van der Waals surface area (Å²) in [6.45, 7) is 4.04. The second-order valence-corrected chi connectivity index (χ2v) is 7.76. The summed E-state index contributed by atoms with van der Waals surface area (Å²) in [5, 5.41) is 0. The maximum Gasteiger partial charge on any atom is 0.254 e. The van der Waals surface area contributed by atoms with Gasteiger partial charge in [-0.3, -0.25) is 9.59 Å². The molecule has 2 aliphatic rings. The Morgan fingerprint density at radius 2 is 1.77 bits per heavy atom. The van der Waals surface area contributed by atoms with E-state index < -0.39 is 5.82 Å². The van der Waals surface area contributed by atoms with Gasteiger partial charge in [0, 0.05) is 29.8 Å². The number of likely N-dealkylation sites (tertiary alicyclic amines) is 1.